The van der Waals surface area contributed by atoms with Crippen LogP contribution in [0.1, 0.15) is 27.7 Å². The molecule has 4 aromatic carbocycles. The maximum Gasteiger partial charge on any atom is 0.270 e. The monoisotopic (exact) mass is 506 g/mol. The first kappa shape index (κ1) is 24.6. The van der Waals surface area contributed by atoms with E-state index in [2.05, 4.69) is 10.4 Å². The number of carbonyl (C=O) groups is 1. The molecule has 0 aliphatic carbocycles. The van der Waals surface area contributed by atoms with Gasteiger partial charge in [0.1, 0.15) is 11.5 Å². The van der Waals surface area contributed by atoms with Gasteiger partial charge in [0.25, 0.3) is 11.6 Å². The number of halogens is 1. The molecule has 5 rings (SSSR count). The van der Waals surface area contributed by atoms with Gasteiger partial charge in [-0.2, -0.15) is 5.10 Å². The fraction of sp³-hybridized carbons (Fsp3) is 0.0667. The van der Waals surface area contributed by atoms with Crippen LogP contribution in [-0.4, -0.2) is 20.6 Å². The first-order chi connectivity index (χ1) is 18.5. The van der Waals surface area contributed by atoms with E-state index in [-0.39, 0.29) is 29.1 Å². The lowest BCUT2D eigenvalue weighted by atomic mass is 9.98. The molecule has 0 saturated carbocycles. The zero-order chi connectivity index (χ0) is 26.5. The van der Waals surface area contributed by atoms with Crippen LogP contribution in [0.2, 0.25) is 0 Å². The average Bonchev–Trinajstić information content (AvgIpc) is 3.40. The number of nitrogens with one attached hydrogen (secondary N) is 1. The molecular formula is C30H23FN4O3. The molecule has 1 unspecified atom stereocenters. The molecule has 0 aliphatic rings. The van der Waals surface area contributed by atoms with Crippen molar-refractivity contribution >= 4 is 11.6 Å². The summed E-state index contributed by atoms with van der Waals surface area (Å²) in [5.74, 6) is -0.748. The molecule has 1 aromatic heterocycles. The Morgan fingerprint density at radius 3 is 2.16 bits per heavy atom. The predicted molar refractivity (Wildman–Crippen MR) is 142 cm³/mol. The lowest BCUT2D eigenvalue weighted by Crippen LogP contribution is -2.31. The van der Waals surface area contributed by atoms with Crippen LogP contribution in [0.25, 0.3) is 16.9 Å². The summed E-state index contributed by atoms with van der Waals surface area (Å²) in [7, 11) is 0. The SMILES string of the molecule is O=C(NC(Cc1ccccc1)c1ccccc1)c1cc(-c2ccc(F)cc2)nn1-c1ccc([N+](=O)[O-])cc1. The number of hydrogen-bond acceptors (Lipinski definition) is 4. The smallest absolute Gasteiger partial charge is 0.270 e. The quantitative estimate of drug-likeness (QED) is 0.198. The summed E-state index contributed by atoms with van der Waals surface area (Å²) in [6, 6.07) is 32.5. The van der Waals surface area contributed by atoms with Crippen LogP contribution in [0.5, 0.6) is 0 Å². The van der Waals surface area contributed by atoms with E-state index in [1.54, 1.807) is 18.2 Å². The normalized spacial score (nSPS) is 11.6. The van der Waals surface area contributed by atoms with Gasteiger partial charge in [0.05, 0.1) is 22.3 Å². The third-order valence-corrected chi connectivity index (χ3v) is 6.18. The molecule has 0 aliphatic heterocycles. The van der Waals surface area contributed by atoms with Gasteiger partial charge in [-0.25, -0.2) is 9.07 Å². The minimum atomic E-state index is -0.488. The third kappa shape index (κ3) is 5.49. The van der Waals surface area contributed by atoms with Gasteiger partial charge in [0, 0.05) is 17.7 Å². The second-order valence-electron chi connectivity index (χ2n) is 8.73. The Bertz CT molecular complexity index is 1550. The highest BCUT2D eigenvalue weighted by Crippen LogP contribution is 2.25. The summed E-state index contributed by atoms with van der Waals surface area (Å²) in [6.07, 6.45) is 0.576. The van der Waals surface area contributed by atoms with Crippen molar-refractivity contribution in [1.82, 2.24) is 15.1 Å². The Kier molecular flexibility index (Phi) is 7.04. The molecule has 38 heavy (non-hydrogen) atoms. The van der Waals surface area contributed by atoms with Crippen molar-refractivity contribution in [2.75, 3.05) is 0 Å². The summed E-state index contributed by atoms with van der Waals surface area (Å²) < 4.78 is 15.0. The Morgan fingerprint density at radius 1 is 0.895 bits per heavy atom. The predicted octanol–water partition coefficient (Wildman–Crippen LogP) is 6.30. The van der Waals surface area contributed by atoms with E-state index < -0.39 is 4.92 Å². The molecule has 7 nitrogen and oxygen atoms in total. The van der Waals surface area contributed by atoms with Crippen LogP contribution < -0.4 is 5.32 Å². The van der Waals surface area contributed by atoms with Crippen molar-refractivity contribution < 1.29 is 14.1 Å². The second-order valence-corrected chi connectivity index (χ2v) is 8.73. The van der Waals surface area contributed by atoms with E-state index in [0.717, 1.165) is 11.1 Å². The highest BCUT2D eigenvalue weighted by Gasteiger charge is 2.22. The number of aromatic nitrogens is 2. The van der Waals surface area contributed by atoms with E-state index in [4.69, 9.17) is 0 Å². The zero-order valence-electron chi connectivity index (χ0n) is 20.2. The fourth-order valence-electron chi connectivity index (χ4n) is 4.24. The number of non-ortho nitro benzene ring substituents is 1. The van der Waals surface area contributed by atoms with Gasteiger partial charge in [0.2, 0.25) is 0 Å². The Hall–Kier alpha value is -5.11. The van der Waals surface area contributed by atoms with Crippen molar-refractivity contribution in [3.63, 3.8) is 0 Å². The van der Waals surface area contributed by atoms with E-state index in [1.807, 2.05) is 60.7 Å². The van der Waals surface area contributed by atoms with E-state index in [9.17, 15) is 19.3 Å². The zero-order valence-corrected chi connectivity index (χ0v) is 20.2. The van der Waals surface area contributed by atoms with Crippen molar-refractivity contribution in [2.45, 2.75) is 12.5 Å². The van der Waals surface area contributed by atoms with Gasteiger partial charge < -0.3 is 5.32 Å². The molecule has 5 aromatic rings. The second kappa shape index (κ2) is 10.9. The molecule has 8 heteroatoms. The molecule has 0 bridgehead atoms. The Balaban J connectivity index is 1.53. The minimum absolute atomic E-state index is 0.0716. The molecule has 188 valence electrons. The number of carbonyl (C=O) groups excluding carboxylic acids is 1. The summed E-state index contributed by atoms with van der Waals surface area (Å²) in [6.45, 7) is 0. The Labute approximate surface area is 218 Å². The first-order valence-electron chi connectivity index (χ1n) is 12.0. The van der Waals surface area contributed by atoms with Crippen molar-refractivity contribution in [1.29, 1.82) is 0 Å². The summed E-state index contributed by atoms with van der Waals surface area (Å²) >= 11 is 0. The number of nitrogens with zero attached hydrogens (tertiary/aromatic N) is 3. The van der Waals surface area contributed by atoms with Crippen molar-refractivity contribution in [2.24, 2.45) is 0 Å². The molecule has 1 atom stereocenters. The fourth-order valence-corrected chi connectivity index (χ4v) is 4.24. The van der Waals surface area contributed by atoms with Crippen LogP contribution in [0, 0.1) is 15.9 Å². The van der Waals surface area contributed by atoms with Crippen LogP contribution in [0.4, 0.5) is 10.1 Å². The maximum atomic E-state index is 13.7. The number of amides is 1. The lowest BCUT2D eigenvalue weighted by molar-refractivity contribution is -0.384. The van der Waals surface area contributed by atoms with E-state index in [1.165, 1.54) is 41.1 Å². The lowest BCUT2D eigenvalue weighted by Gasteiger charge is -2.20. The van der Waals surface area contributed by atoms with Crippen LogP contribution in [0.15, 0.2) is 115 Å². The highest BCUT2D eigenvalue weighted by molar-refractivity contribution is 5.94. The molecule has 0 spiro atoms. The third-order valence-electron chi connectivity index (χ3n) is 6.18. The van der Waals surface area contributed by atoms with Gasteiger partial charge in [-0.05, 0) is 60.0 Å². The topological polar surface area (TPSA) is 90.1 Å². The standard InChI is InChI=1S/C30H23FN4O3/c31-24-13-11-23(12-14-24)28-20-29(34(33-28)25-15-17-26(18-16-25)35(37)38)30(36)32-27(22-9-5-2-6-10-22)19-21-7-3-1-4-8-21/h1-18,20,27H,19H2,(H,32,36). The highest BCUT2D eigenvalue weighted by atomic mass is 19.1. The summed E-state index contributed by atoms with van der Waals surface area (Å²) in [5.41, 5.74) is 3.76. The first-order valence-corrected chi connectivity index (χ1v) is 12.0. The number of benzene rings is 4. The van der Waals surface area contributed by atoms with E-state index >= 15 is 0 Å². The van der Waals surface area contributed by atoms with Gasteiger partial charge in [0.15, 0.2) is 0 Å². The molecule has 0 saturated heterocycles. The van der Waals surface area contributed by atoms with E-state index in [0.29, 0.717) is 23.4 Å². The summed E-state index contributed by atoms with van der Waals surface area (Å²) in [5, 5.41) is 18.9. The van der Waals surface area contributed by atoms with Gasteiger partial charge in [-0.1, -0.05) is 60.7 Å². The van der Waals surface area contributed by atoms with Crippen LogP contribution in [0.3, 0.4) is 0 Å². The van der Waals surface area contributed by atoms with Crippen LogP contribution in [-0.2, 0) is 6.42 Å². The number of nitro benzene ring substituents is 1. The maximum absolute atomic E-state index is 13.7. The molecule has 1 amide bonds. The molecule has 0 radical (unpaired) electrons. The molecule has 1 heterocycles. The van der Waals surface area contributed by atoms with Crippen molar-refractivity contribution in [3.05, 3.63) is 148 Å². The van der Waals surface area contributed by atoms with Crippen LogP contribution >= 0.6 is 0 Å². The average molecular weight is 507 g/mol. The Morgan fingerprint density at radius 2 is 1.53 bits per heavy atom. The largest absolute Gasteiger partial charge is 0.344 e. The van der Waals surface area contributed by atoms with Gasteiger partial charge >= 0.3 is 0 Å². The molecule has 0 fully saturated rings. The van der Waals surface area contributed by atoms with Crippen molar-refractivity contribution in [3.8, 4) is 16.9 Å². The van der Waals surface area contributed by atoms with Gasteiger partial charge in [-0.15, -0.1) is 0 Å². The number of nitro groups is 1. The van der Waals surface area contributed by atoms with Gasteiger partial charge in [-0.3, -0.25) is 14.9 Å². The number of hydrogen-bond donors (Lipinski definition) is 1. The minimum Gasteiger partial charge on any atom is -0.344 e. The summed E-state index contributed by atoms with van der Waals surface area (Å²) in [4.78, 5) is 24.4. The molecule has 1 N–H and O–H groups in total. The number of rotatable bonds is 8. The molecular weight excluding hydrogens is 483 g/mol.